The molecule has 2 N–H and O–H groups in total. The van der Waals surface area contributed by atoms with Gasteiger partial charge in [0.1, 0.15) is 0 Å². The third-order valence-electron chi connectivity index (χ3n) is 3.83. The molecule has 3 heteroatoms. The van der Waals surface area contributed by atoms with E-state index in [0.29, 0.717) is 6.04 Å². The van der Waals surface area contributed by atoms with Gasteiger partial charge in [0.05, 0.1) is 6.04 Å². The minimum atomic E-state index is -0.0976. The lowest BCUT2D eigenvalue weighted by atomic mass is 9.95. The first-order chi connectivity index (χ1) is 7.94. The van der Waals surface area contributed by atoms with Crippen molar-refractivity contribution in [2.24, 2.45) is 0 Å². The first-order valence-corrected chi connectivity index (χ1v) is 7.02. The Morgan fingerprint density at radius 1 is 1.29 bits per heavy atom. The SMILES string of the molecule is CCC(C)(C)NC(=O)C(C)NC1CCCCC1. The Balaban J connectivity index is 2.35. The fourth-order valence-corrected chi connectivity index (χ4v) is 2.23. The molecule has 0 spiro atoms. The van der Waals surface area contributed by atoms with Crippen molar-refractivity contribution < 1.29 is 4.79 Å². The van der Waals surface area contributed by atoms with E-state index >= 15 is 0 Å². The largest absolute Gasteiger partial charge is 0.350 e. The monoisotopic (exact) mass is 240 g/mol. The molecule has 1 aliphatic carbocycles. The van der Waals surface area contributed by atoms with Crippen molar-refractivity contribution in [1.82, 2.24) is 10.6 Å². The lowest BCUT2D eigenvalue weighted by Crippen LogP contribution is -2.52. The van der Waals surface area contributed by atoms with Crippen molar-refractivity contribution in [3.05, 3.63) is 0 Å². The van der Waals surface area contributed by atoms with Gasteiger partial charge in [-0.2, -0.15) is 0 Å². The number of carbonyl (C=O) groups excluding carboxylic acids is 1. The lowest BCUT2D eigenvalue weighted by Gasteiger charge is -2.30. The van der Waals surface area contributed by atoms with Gasteiger partial charge in [0, 0.05) is 11.6 Å². The number of hydrogen-bond donors (Lipinski definition) is 2. The average Bonchev–Trinajstić information content (AvgIpc) is 2.30. The van der Waals surface area contributed by atoms with Gasteiger partial charge in [-0.15, -0.1) is 0 Å². The van der Waals surface area contributed by atoms with Crippen LogP contribution in [0, 0.1) is 0 Å². The van der Waals surface area contributed by atoms with Crippen LogP contribution in [0.4, 0.5) is 0 Å². The van der Waals surface area contributed by atoms with Gasteiger partial charge < -0.3 is 10.6 Å². The molecule has 0 bridgehead atoms. The van der Waals surface area contributed by atoms with Crippen LogP contribution in [0.1, 0.15) is 66.2 Å². The molecule has 0 aromatic rings. The minimum Gasteiger partial charge on any atom is -0.350 e. The van der Waals surface area contributed by atoms with Crippen LogP contribution >= 0.6 is 0 Å². The summed E-state index contributed by atoms with van der Waals surface area (Å²) in [6, 6.07) is 0.457. The minimum absolute atomic E-state index is 0.0797. The number of hydrogen-bond acceptors (Lipinski definition) is 2. The van der Waals surface area contributed by atoms with Crippen molar-refractivity contribution in [2.75, 3.05) is 0 Å². The zero-order valence-electron chi connectivity index (χ0n) is 11.8. The number of carbonyl (C=O) groups is 1. The molecule has 1 rings (SSSR count). The Hall–Kier alpha value is -0.570. The van der Waals surface area contributed by atoms with Crippen molar-refractivity contribution in [3.8, 4) is 0 Å². The second kappa shape index (κ2) is 6.39. The third kappa shape index (κ3) is 5.07. The zero-order valence-corrected chi connectivity index (χ0v) is 11.8. The van der Waals surface area contributed by atoms with Crippen molar-refractivity contribution in [3.63, 3.8) is 0 Å². The van der Waals surface area contributed by atoms with Gasteiger partial charge in [0.2, 0.25) is 5.91 Å². The van der Waals surface area contributed by atoms with E-state index < -0.39 is 0 Å². The summed E-state index contributed by atoms with van der Waals surface area (Å²) in [5, 5.41) is 6.55. The Bertz CT molecular complexity index is 245. The maximum atomic E-state index is 12.0. The summed E-state index contributed by atoms with van der Waals surface area (Å²) in [6.45, 7) is 8.20. The quantitative estimate of drug-likeness (QED) is 0.775. The maximum Gasteiger partial charge on any atom is 0.237 e. The molecule has 0 aliphatic heterocycles. The van der Waals surface area contributed by atoms with Gasteiger partial charge >= 0.3 is 0 Å². The topological polar surface area (TPSA) is 41.1 Å². The van der Waals surface area contributed by atoms with Gasteiger partial charge in [0.15, 0.2) is 0 Å². The first-order valence-electron chi connectivity index (χ1n) is 7.02. The average molecular weight is 240 g/mol. The van der Waals surface area contributed by atoms with E-state index in [9.17, 15) is 4.79 Å². The Labute approximate surface area is 106 Å². The fraction of sp³-hybridized carbons (Fsp3) is 0.929. The van der Waals surface area contributed by atoms with Crippen LogP contribution in [0.15, 0.2) is 0 Å². The van der Waals surface area contributed by atoms with E-state index in [4.69, 9.17) is 0 Å². The molecule has 1 unspecified atom stereocenters. The number of rotatable bonds is 5. The molecule has 0 aromatic heterocycles. The van der Waals surface area contributed by atoms with E-state index in [1.54, 1.807) is 0 Å². The molecule has 1 fully saturated rings. The standard InChI is InChI=1S/C14H28N2O/c1-5-14(3,4)16-13(17)11(2)15-12-9-7-6-8-10-12/h11-12,15H,5-10H2,1-4H3,(H,16,17). The van der Waals surface area contributed by atoms with Crippen LogP contribution in [0.2, 0.25) is 0 Å². The molecular weight excluding hydrogens is 212 g/mol. The summed E-state index contributed by atoms with van der Waals surface area (Å²) in [7, 11) is 0. The van der Waals surface area contributed by atoms with Crippen molar-refractivity contribution in [2.45, 2.75) is 83.8 Å². The van der Waals surface area contributed by atoms with E-state index in [1.807, 2.05) is 6.92 Å². The summed E-state index contributed by atoms with van der Waals surface area (Å²) < 4.78 is 0. The van der Waals surface area contributed by atoms with Gasteiger partial charge in [-0.05, 0) is 40.0 Å². The van der Waals surface area contributed by atoms with Crippen LogP contribution in [-0.2, 0) is 4.79 Å². The maximum absolute atomic E-state index is 12.0. The fourth-order valence-electron chi connectivity index (χ4n) is 2.23. The summed E-state index contributed by atoms with van der Waals surface area (Å²) in [6.07, 6.45) is 7.33. The van der Waals surface area contributed by atoms with Gasteiger partial charge in [-0.3, -0.25) is 4.79 Å². The lowest BCUT2D eigenvalue weighted by molar-refractivity contribution is -0.124. The van der Waals surface area contributed by atoms with Gasteiger partial charge in [-0.1, -0.05) is 26.2 Å². The molecule has 0 saturated heterocycles. The Kier molecular flexibility index (Phi) is 5.44. The zero-order chi connectivity index (χ0) is 12.9. The molecule has 1 saturated carbocycles. The molecular formula is C14H28N2O. The molecule has 1 aliphatic rings. The van der Waals surface area contributed by atoms with Crippen LogP contribution in [0.3, 0.4) is 0 Å². The first kappa shape index (κ1) is 14.5. The normalized spacial score (nSPS) is 20.0. The highest BCUT2D eigenvalue weighted by Crippen LogP contribution is 2.18. The molecule has 0 heterocycles. The van der Waals surface area contributed by atoms with E-state index in [1.165, 1.54) is 32.1 Å². The van der Waals surface area contributed by atoms with E-state index in [-0.39, 0.29) is 17.5 Å². The van der Waals surface area contributed by atoms with Crippen LogP contribution < -0.4 is 10.6 Å². The molecule has 0 aromatic carbocycles. The summed E-state index contributed by atoms with van der Waals surface area (Å²) >= 11 is 0. The molecule has 0 radical (unpaired) electrons. The molecule has 1 amide bonds. The Morgan fingerprint density at radius 3 is 2.41 bits per heavy atom. The third-order valence-corrected chi connectivity index (χ3v) is 3.83. The van der Waals surface area contributed by atoms with Crippen LogP contribution in [0.5, 0.6) is 0 Å². The van der Waals surface area contributed by atoms with E-state index in [0.717, 1.165) is 6.42 Å². The summed E-state index contributed by atoms with van der Waals surface area (Å²) in [5.74, 6) is 0.127. The van der Waals surface area contributed by atoms with E-state index in [2.05, 4.69) is 31.4 Å². The van der Waals surface area contributed by atoms with Crippen LogP contribution in [-0.4, -0.2) is 23.5 Å². The predicted molar refractivity (Wildman–Crippen MR) is 72.0 cm³/mol. The smallest absolute Gasteiger partial charge is 0.237 e. The molecule has 100 valence electrons. The number of amides is 1. The summed E-state index contributed by atoms with van der Waals surface area (Å²) in [5.41, 5.74) is -0.0976. The number of nitrogens with one attached hydrogen (secondary N) is 2. The molecule has 17 heavy (non-hydrogen) atoms. The van der Waals surface area contributed by atoms with Crippen molar-refractivity contribution in [1.29, 1.82) is 0 Å². The predicted octanol–water partition coefficient (Wildman–Crippen LogP) is 2.60. The van der Waals surface area contributed by atoms with Crippen LogP contribution in [0.25, 0.3) is 0 Å². The van der Waals surface area contributed by atoms with Gasteiger partial charge in [0.25, 0.3) is 0 Å². The molecule has 1 atom stereocenters. The highest BCUT2D eigenvalue weighted by molar-refractivity contribution is 5.82. The van der Waals surface area contributed by atoms with Crippen molar-refractivity contribution >= 4 is 5.91 Å². The Morgan fingerprint density at radius 2 is 1.88 bits per heavy atom. The highest BCUT2D eigenvalue weighted by Gasteiger charge is 2.24. The second-order valence-corrected chi connectivity index (χ2v) is 5.95. The molecule has 3 nitrogen and oxygen atoms in total. The summed E-state index contributed by atoms with van der Waals surface area (Å²) in [4.78, 5) is 12.0. The highest BCUT2D eigenvalue weighted by atomic mass is 16.2. The van der Waals surface area contributed by atoms with Gasteiger partial charge in [-0.25, -0.2) is 0 Å². The second-order valence-electron chi connectivity index (χ2n) is 5.95.